The molecule has 1 fully saturated rings. The van der Waals surface area contributed by atoms with Crippen molar-refractivity contribution in [2.24, 2.45) is 0 Å². The molecule has 1 heterocycles. The van der Waals surface area contributed by atoms with E-state index in [1.54, 1.807) is 7.11 Å². The average Bonchev–Trinajstić information content (AvgIpc) is 2.74. The fraction of sp³-hybridized carbons (Fsp3) is 0.571. The first kappa shape index (κ1) is 12.8. The van der Waals surface area contributed by atoms with Crippen molar-refractivity contribution in [1.29, 1.82) is 0 Å². The van der Waals surface area contributed by atoms with E-state index in [2.05, 4.69) is 43.1 Å². The van der Waals surface area contributed by atoms with Gasteiger partial charge in [-0.2, -0.15) is 11.8 Å². The van der Waals surface area contributed by atoms with Gasteiger partial charge < -0.3 is 10.1 Å². The second kappa shape index (κ2) is 5.78. The van der Waals surface area contributed by atoms with Gasteiger partial charge in [-0.05, 0) is 19.4 Å². The quantitative estimate of drug-likeness (QED) is 0.887. The Morgan fingerprint density at radius 1 is 1.41 bits per heavy atom. The molecule has 3 unspecified atom stereocenters. The topological polar surface area (TPSA) is 21.3 Å². The highest BCUT2D eigenvalue weighted by atomic mass is 32.2. The Hall–Kier alpha value is -0.670. The molecule has 0 aromatic heterocycles. The molecule has 3 atom stereocenters. The molecule has 0 amide bonds. The number of hydrogen-bond donors (Lipinski definition) is 1. The summed E-state index contributed by atoms with van der Waals surface area (Å²) in [6.45, 7) is 4.52. The third kappa shape index (κ3) is 3.17. The van der Waals surface area contributed by atoms with Crippen molar-refractivity contribution >= 4 is 11.8 Å². The highest BCUT2D eigenvalue weighted by Crippen LogP contribution is 2.30. The molecule has 0 spiro atoms. The lowest BCUT2D eigenvalue weighted by molar-refractivity contribution is 0.395. The minimum atomic E-state index is 0.349. The van der Waals surface area contributed by atoms with Gasteiger partial charge in [-0.25, -0.2) is 0 Å². The van der Waals surface area contributed by atoms with Crippen molar-refractivity contribution in [1.82, 2.24) is 5.32 Å². The van der Waals surface area contributed by atoms with E-state index in [1.807, 2.05) is 12.1 Å². The van der Waals surface area contributed by atoms with Crippen molar-refractivity contribution in [2.75, 3.05) is 12.9 Å². The first-order valence-corrected chi connectivity index (χ1v) is 7.26. The summed E-state index contributed by atoms with van der Waals surface area (Å²) in [5.41, 5.74) is 1.25. The van der Waals surface area contributed by atoms with Crippen molar-refractivity contribution < 1.29 is 4.74 Å². The van der Waals surface area contributed by atoms with Crippen molar-refractivity contribution in [3.05, 3.63) is 29.8 Å². The number of nitrogens with one attached hydrogen (secondary N) is 1. The van der Waals surface area contributed by atoms with Gasteiger partial charge in [0, 0.05) is 28.6 Å². The number of benzene rings is 1. The summed E-state index contributed by atoms with van der Waals surface area (Å²) in [4.78, 5) is 0. The van der Waals surface area contributed by atoms with Gasteiger partial charge >= 0.3 is 0 Å². The highest BCUT2D eigenvalue weighted by Gasteiger charge is 2.23. The lowest BCUT2D eigenvalue weighted by Gasteiger charge is -2.21. The van der Waals surface area contributed by atoms with Gasteiger partial charge in [-0.3, -0.25) is 0 Å². The molecule has 2 nitrogen and oxygen atoms in total. The number of thioether (sulfide) groups is 1. The predicted octanol–water partition coefficient (Wildman–Crippen LogP) is 3.24. The molecule has 94 valence electrons. The molecule has 1 aliphatic heterocycles. The first-order valence-electron chi connectivity index (χ1n) is 6.21. The van der Waals surface area contributed by atoms with E-state index in [1.165, 1.54) is 17.7 Å². The van der Waals surface area contributed by atoms with Crippen LogP contribution >= 0.6 is 11.8 Å². The molecule has 0 radical (unpaired) electrons. The Kier molecular flexibility index (Phi) is 4.35. The SMILES string of the molecule is COc1ccccc1C(C)NC1CSC(C)C1. The monoisotopic (exact) mass is 251 g/mol. The van der Waals surface area contributed by atoms with E-state index in [4.69, 9.17) is 4.74 Å². The molecule has 17 heavy (non-hydrogen) atoms. The maximum absolute atomic E-state index is 5.41. The molecule has 1 aromatic rings. The molecule has 3 heteroatoms. The molecule has 0 saturated carbocycles. The molecular weight excluding hydrogens is 230 g/mol. The summed E-state index contributed by atoms with van der Waals surface area (Å²) in [6.07, 6.45) is 1.27. The van der Waals surface area contributed by atoms with Crippen molar-refractivity contribution in [3.63, 3.8) is 0 Å². The summed E-state index contributed by atoms with van der Waals surface area (Å²) in [7, 11) is 1.74. The number of hydrogen-bond acceptors (Lipinski definition) is 3. The first-order chi connectivity index (χ1) is 8.20. The van der Waals surface area contributed by atoms with Gasteiger partial charge in [0.25, 0.3) is 0 Å². The Bertz CT molecular complexity index is 369. The summed E-state index contributed by atoms with van der Waals surface area (Å²) in [5.74, 6) is 2.20. The van der Waals surface area contributed by atoms with Crippen LogP contribution in [0.1, 0.15) is 31.9 Å². The average molecular weight is 251 g/mol. The molecular formula is C14H21NOS. The standard InChI is InChI=1S/C14H21NOS/c1-10-8-12(9-17-10)15-11(2)13-6-4-5-7-14(13)16-3/h4-7,10-12,15H,8-9H2,1-3H3. The van der Waals surface area contributed by atoms with Crippen LogP contribution in [0, 0.1) is 0 Å². The van der Waals surface area contributed by atoms with E-state index in [-0.39, 0.29) is 0 Å². The third-order valence-corrected chi connectivity index (χ3v) is 4.65. The van der Waals surface area contributed by atoms with E-state index in [9.17, 15) is 0 Å². The summed E-state index contributed by atoms with van der Waals surface area (Å²) in [6, 6.07) is 9.24. The zero-order valence-electron chi connectivity index (χ0n) is 10.8. The molecule has 1 N–H and O–H groups in total. The number of ether oxygens (including phenoxy) is 1. The smallest absolute Gasteiger partial charge is 0.123 e. The third-order valence-electron chi connectivity index (χ3n) is 3.29. The lowest BCUT2D eigenvalue weighted by Crippen LogP contribution is -2.31. The molecule has 1 saturated heterocycles. The lowest BCUT2D eigenvalue weighted by atomic mass is 10.1. The van der Waals surface area contributed by atoms with Crippen LogP contribution in [0.25, 0.3) is 0 Å². The van der Waals surface area contributed by atoms with Crippen LogP contribution in [-0.2, 0) is 0 Å². The van der Waals surface area contributed by atoms with E-state index >= 15 is 0 Å². The Morgan fingerprint density at radius 3 is 2.82 bits per heavy atom. The molecule has 1 aliphatic rings. The minimum Gasteiger partial charge on any atom is -0.496 e. The number of para-hydroxylation sites is 1. The number of rotatable bonds is 4. The zero-order valence-corrected chi connectivity index (χ0v) is 11.6. The van der Waals surface area contributed by atoms with Crippen LogP contribution in [0.4, 0.5) is 0 Å². The Morgan fingerprint density at radius 2 is 2.18 bits per heavy atom. The Balaban J connectivity index is 2.01. The summed E-state index contributed by atoms with van der Waals surface area (Å²) in [5, 5.41) is 4.49. The maximum Gasteiger partial charge on any atom is 0.123 e. The number of methoxy groups -OCH3 is 1. The van der Waals surface area contributed by atoms with Crippen LogP contribution in [0.15, 0.2) is 24.3 Å². The van der Waals surface area contributed by atoms with Gasteiger partial charge in [-0.1, -0.05) is 25.1 Å². The maximum atomic E-state index is 5.41. The van der Waals surface area contributed by atoms with Crippen molar-refractivity contribution in [3.8, 4) is 5.75 Å². The van der Waals surface area contributed by atoms with Gasteiger partial charge in [0.15, 0.2) is 0 Å². The summed E-state index contributed by atoms with van der Waals surface area (Å²) >= 11 is 2.06. The second-order valence-corrected chi connectivity index (χ2v) is 6.18. The van der Waals surface area contributed by atoms with E-state index in [0.29, 0.717) is 12.1 Å². The Labute approximate surface area is 108 Å². The fourth-order valence-electron chi connectivity index (χ4n) is 2.40. The van der Waals surface area contributed by atoms with E-state index in [0.717, 1.165) is 11.0 Å². The second-order valence-electron chi connectivity index (χ2n) is 4.71. The van der Waals surface area contributed by atoms with Gasteiger partial charge in [0.05, 0.1) is 7.11 Å². The zero-order chi connectivity index (χ0) is 12.3. The largest absolute Gasteiger partial charge is 0.496 e. The van der Waals surface area contributed by atoms with Crippen LogP contribution < -0.4 is 10.1 Å². The molecule has 0 aliphatic carbocycles. The summed E-state index contributed by atoms with van der Waals surface area (Å²) < 4.78 is 5.41. The van der Waals surface area contributed by atoms with Gasteiger partial charge in [0.2, 0.25) is 0 Å². The molecule has 1 aromatic carbocycles. The minimum absolute atomic E-state index is 0.349. The van der Waals surface area contributed by atoms with Crippen LogP contribution in [0.2, 0.25) is 0 Å². The van der Waals surface area contributed by atoms with Crippen molar-refractivity contribution in [2.45, 2.75) is 37.6 Å². The van der Waals surface area contributed by atoms with Gasteiger partial charge in [0.1, 0.15) is 5.75 Å². The van der Waals surface area contributed by atoms with Crippen LogP contribution in [0.3, 0.4) is 0 Å². The highest BCUT2D eigenvalue weighted by molar-refractivity contribution is 8.00. The van der Waals surface area contributed by atoms with Crippen LogP contribution in [-0.4, -0.2) is 24.2 Å². The molecule has 2 rings (SSSR count). The molecule has 0 bridgehead atoms. The normalized spacial score (nSPS) is 25.8. The fourth-order valence-corrected chi connectivity index (χ4v) is 3.56. The predicted molar refractivity (Wildman–Crippen MR) is 74.9 cm³/mol. The van der Waals surface area contributed by atoms with Crippen LogP contribution in [0.5, 0.6) is 5.75 Å². The van der Waals surface area contributed by atoms with Gasteiger partial charge in [-0.15, -0.1) is 0 Å². The van der Waals surface area contributed by atoms with E-state index < -0.39 is 0 Å².